The Morgan fingerprint density at radius 1 is 1.36 bits per heavy atom. The van der Waals surface area contributed by atoms with Crippen molar-refractivity contribution in [3.63, 3.8) is 0 Å². The van der Waals surface area contributed by atoms with Crippen molar-refractivity contribution in [2.45, 2.75) is 59.1 Å². The van der Waals surface area contributed by atoms with Crippen molar-refractivity contribution in [3.8, 4) is 0 Å². The molecule has 0 fully saturated rings. The Balaban J connectivity index is 2.25. The number of fused-ring (bicyclic) bond motifs is 1. The van der Waals surface area contributed by atoms with E-state index in [1.807, 2.05) is 25.7 Å². The number of nitrogens with zero attached hydrogens (tertiary/aromatic N) is 1. The van der Waals surface area contributed by atoms with Gasteiger partial charge in [0.25, 0.3) is 0 Å². The summed E-state index contributed by atoms with van der Waals surface area (Å²) in [5.74, 6) is 0. The normalized spacial score (nSPS) is 14.6. The van der Waals surface area contributed by atoms with Crippen LogP contribution in [0.4, 0.5) is 10.5 Å². The molecule has 2 rings (SSSR count). The van der Waals surface area contributed by atoms with Crippen molar-refractivity contribution in [3.05, 3.63) is 29.3 Å². The van der Waals surface area contributed by atoms with E-state index in [9.17, 15) is 4.79 Å². The van der Waals surface area contributed by atoms with Crippen LogP contribution in [0, 0.1) is 0 Å². The maximum atomic E-state index is 12.5. The highest BCUT2D eigenvalue weighted by atomic mass is 16.6. The van der Waals surface area contributed by atoms with E-state index in [1.165, 1.54) is 11.1 Å². The van der Waals surface area contributed by atoms with Crippen LogP contribution in [0.25, 0.3) is 0 Å². The molecule has 1 N–H and O–H groups in total. The molecule has 0 bridgehead atoms. The minimum Gasteiger partial charge on any atom is -0.443 e. The number of carbonyl (C=O) groups excluding carboxylic acids is 1. The van der Waals surface area contributed by atoms with Crippen molar-refractivity contribution in [1.29, 1.82) is 0 Å². The molecule has 0 unspecified atom stereocenters. The highest BCUT2D eigenvalue weighted by molar-refractivity contribution is 5.90. The Kier molecular flexibility index (Phi) is 5.46. The van der Waals surface area contributed by atoms with Crippen molar-refractivity contribution in [2.24, 2.45) is 0 Å². The maximum Gasteiger partial charge on any atom is 0.414 e. The minimum absolute atomic E-state index is 0.239. The third-order valence-corrected chi connectivity index (χ3v) is 3.66. The number of nitrogens with one attached hydrogen (secondary N) is 1. The smallest absolute Gasteiger partial charge is 0.414 e. The number of amides is 1. The second kappa shape index (κ2) is 7.14. The third kappa shape index (κ3) is 4.23. The van der Waals surface area contributed by atoms with Crippen LogP contribution in [-0.2, 0) is 17.7 Å². The molecule has 0 saturated heterocycles. The molecule has 1 aromatic carbocycles. The summed E-state index contributed by atoms with van der Waals surface area (Å²) < 4.78 is 5.58. The van der Waals surface area contributed by atoms with Gasteiger partial charge in [-0.2, -0.15) is 0 Å². The number of aryl methyl sites for hydroxylation is 1. The van der Waals surface area contributed by atoms with Crippen molar-refractivity contribution in [2.75, 3.05) is 18.0 Å². The largest absolute Gasteiger partial charge is 0.443 e. The maximum absolute atomic E-state index is 12.5. The molecule has 22 heavy (non-hydrogen) atoms. The first-order valence-corrected chi connectivity index (χ1v) is 8.24. The quantitative estimate of drug-likeness (QED) is 0.858. The molecule has 1 aliphatic rings. The molecular weight excluding hydrogens is 276 g/mol. The Hall–Kier alpha value is -1.55. The van der Waals surface area contributed by atoms with E-state index in [-0.39, 0.29) is 6.09 Å². The lowest BCUT2D eigenvalue weighted by Gasteiger charge is -2.33. The van der Waals surface area contributed by atoms with Gasteiger partial charge in [-0.1, -0.05) is 25.1 Å². The lowest BCUT2D eigenvalue weighted by atomic mass is 9.98. The number of hydrogen-bond acceptors (Lipinski definition) is 3. The molecule has 0 aromatic heterocycles. The molecule has 1 aliphatic heterocycles. The van der Waals surface area contributed by atoms with Gasteiger partial charge in [-0.25, -0.2) is 4.79 Å². The molecule has 0 spiro atoms. The number of ether oxygens (including phenoxy) is 1. The predicted molar refractivity (Wildman–Crippen MR) is 90.3 cm³/mol. The number of carbonyl (C=O) groups is 1. The van der Waals surface area contributed by atoms with Crippen molar-refractivity contribution >= 4 is 11.8 Å². The molecule has 1 heterocycles. The van der Waals surface area contributed by atoms with Crippen LogP contribution >= 0.6 is 0 Å². The Morgan fingerprint density at radius 3 is 2.82 bits per heavy atom. The molecule has 0 aliphatic carbocycles. The summed E-state index contributed by atoms with van der Waals surface area (Å²) in [6.45, 7) is 10.4. The zero-order valence-corrected chi connectivity index (χ0v) is 14.2. The van der Waals surface area contributed by atoms with E-state index in [0.29, 0.717) is 0 Å². The Morgan fingerprint density at radius 2 is 2.14 bits per heavy atom. The summed E-state index contributed by atoms with van der Waals surface area (Å²) in [6, 6.07) is 6.31. The van der Waals surface area contributed by atoms with Gasteiger partial charge in [0.2, 0.25) is 0 Å². The van der Waals surface area contributed by atoms with Crippen molar-refractivity contribution < 1.29 is 9.53 Å². The number of benzene rings is 1. The van der Waals surface area contributed by atoms with Gasteiger partial charge >= 0.3 is 6.09 Å². The van der Waals surface area contributed by atoms with E-state index in [2.05, 4.69) is 30.4 Å². The van der Waals surface area contributed by atoms with Crippen LogP contribution in [0.5, 0.6) is 0 Å². The van der Waals surface area contributed by atoms with Gasteiger partial charge in [0.05, 0.1) is 5.69 Å². The van der Waals surface area contributed by atoms with Crippen LogP contribution in [0.3, 0.4) is 0 Å². The molecule has 0 atom stereocenters. The standard InChI is InChI=1S/C18H28N2O2/c1-5-11-19-13-15-9-6-8-14-10-7-12-20(16(14)15)17(21)22-18(2,3)4/h6,8-9,19H,5,7,10-13H2,1-4H3. The molecule has 4 nitrogen and oxygen atoms in total. The molecule has 122 valence electrons. The fourth-order valence-corrected chi connectivity index (χ4v) is 2.77. The molecular formula is C18H28N2O2. The lowest BCUT2D eigenvalue weighted by Crippen LogP contribution is -2.40. The lowest BCUT2D eigenvalue weighted by molar-refractivity contribution is 0.0577. The average molecular weight is 304 g/mol. The SMILES string of the molecule is CCCNCc1cccc2c1N(C(=O)OC(C)(C)C)CCC2. The molecule has 1 aromatic rings. The summed E-state index contributed by atoms with van der Waals surface area (Å²) in [4.78, 5) is 14.4. The summed E-state index contributed by atoms with van der Waals surface area (Å²) in [7, 11) is 0. The minimum atomic E-state index is -0.468. The summed E-state index contributed by atoms with van der Waals surface area (Å²) in [5, 5.41) is 3.43. The monoisotopic (exact) mass is 304 g/mol. The zero-order chi connectivity index (χ0) is 16.2. The van der Waals surface area contributed by atoms with E-state index >= 15 is 0 Å². The molecule has 0 saturated carbocycles. The van der Waals surface area contributed by atoms with Gasteiger partial charge in [0.15, 0.2) is 0 Å². The van der Waals surface area contributed by atoms with E-state index in [1.54, 1.807) is 0 Å². The van der Waals surface area contributed by atoms with Gasteiger partial charge in [0, 0.05) is 13.1 Å². The van der Waals surface area contributed by atoms with Gasteiger partial charge in [-0.3, -0.25) is 4.90 Å². The molecule has 4 heteroatoms. The zero-order valence-electron chi connectivity index (χ0n) is 14.2. The molecule has 0 radical (unpaired) electrons. The number of hydrogen-bond donors (Lipinski definition) is 1. The highest BCUT2D eigenvalue weighted by Crippen LogP contribution is 2.32. The predicted octanol–water partition coefficient (Wildman–Crippen LogP) is 3.87. The topological polar surface area (TPSA) is 41.6 Å². The fourth-order valence-electron chi connectivity index (χ4n) is 2.77. The van der Waals surface area contributed by atoms with Gasteiger partial charge in [-0.15, -0.1) is 0 Å². The second-order valence-corrected chi connectivity index (χ2v) is 6.84. The van der Waals surface area contributed by atoms with E-state index in [0.717, 1.165) is 44.6 Å². The van der Waals surface area contributed by atoms with Gasteiger partial charge in [0.1, 0.15) is 5.60 Å². The first-order chi connectivity index (χ1) is 10.4. The summed E-state index contributed by atoms with van der Waals surface area (Å²) in [5.41, 5.74) is 3.00. The van der Waals surface area contributed by atoms with Crippen LogP contribution in [0.1, 0.15) is 51.7 Å². The van der Waals surface area contributed by atoms with E-state index in [4.69, 9.17) is 4.74 Å². The van der Waals surface area contributed by atoms with Gasteiger partial charge < -0.3 is 10.1 Å². The first kappa shape index (κ1) is 16.8. The average Bonchev–Trinajstić information content (AvgIpc) is 2.45. The second-order valence-electron chi connectivity index (χ2n) is 6.84. The Bertz CT molecular complexity index is 520. The fraction of sp³-hybridized carbons (Fsp3) is 0.611. The van der Waals surface area contributed by atoms with Crippen LogP contribution in [0.15, 0.2) is 18.2 Å². The number of anilines is 1. The summed E-state index contributed by atoms with van der Waals surface area (Å²) >= 11 is 0. The van der Waals surface area contributed by atoms with Crippen LogP contribution < -0.4 is 10.2 Å². The number of para-hydroxylation sites is 1. The van der Waals surface area contributed by atoms with Crippen LogP contribution in [0.2, 0.25) is 0 Å². The van der Waals surface area contributed by atoms with Crippen molar-refractivity contribution in [1.82, 2.24) is 5.32 Å². The molecule has 1 amide bonds. The Labute approximate surface area is 133 Å². The summed E-state index contributed by atoms with van der Waals surface area (Å²) in [6.07, 6.45) is 2.87. The van der Waals surface area contributed by atoms with Crippen LogP contribution in [-0.4, -0.2) is 24.8 Å². The van der Waals surface area contributed by atoms with E-state index < -0.39 is 5.60 Å². The first-order valence-electron chi connectivity index (χ1n) is 8.24. The number of rotatable bonds is 4. The highest BCUT2D eigenvalue weighted by Gasteiger charge is 2.28. The van der Waals surface area contributed by atoms with Gasteiger partial charge in [-0.05, 0) is 57.7 Å². The third-order valence-electron chi connectivity index (χ3n) is 3.66.